The van der Waals surface area contributed by atoms with E-state index < -0.39 is 9.84 Å². The third kappa shape index (κ3) is 3.74. The second-order valence-corrected chi connectivity index (χ2v) is 10.5. The first-order valence-corrected chi connectivity index (χ1v) is 11.6. The minimum Gasteiger partial charge on any atom is -0.314 e. The number of amidine groups is 1. The Hall–Kier alpha value is -1.54. The molecular formula is C18H14Cl2N2O3S2. The fraction of sp³-hybridized carbons (Fsp3) is 0.222. The molecular weight excluding hydrogens is 427 g/mol. The summed E-state index contributed by atoms with van der Waals surface area (Å²) in [5.41, 5.74) is 1.07. The average Bonchev–Trinajstić information content (AvgIpc) is 3.07. The van der Waals surface area contributed by atoms with Crippen molar-refractivity contribution >= 4 is 61.6 Å². The highest BCUT2D eigenvalue weighted by atomic mass is 35.5. The number of fused-ring (bicyclic) bond motifs is 1. The average molecular weight is 441 g/mol. The second-order valence-electron chi connectivity index (χ2n) is 6.33. The maximum atomic E-state index is 12.6. The predicted octanol–water partition coefficient (Wildman–Crippen LogP) is 3.91. The van der Waals surface area contributed by atoms with E-state index in [2.05, 4.69) is 4.99 Å². The highest BCUT2D eigenvalue weighted by molar-refractivity contribution is 8.16. The van der Waals surface area contributed by atoms with Crippen LogP contribution in [0.15, 0.2) is 53.5 Å². The Balaban J connectivity index is 1.76. The van der Waals surface area contributed by atoms with Crippen LogP contribution in [0.1, 0.15) is 10.4 Å². The Morgan fingerprint density at radius 2 is 1.85 bits per heavy atom. The third-order valence-electron chi connectivity index (χ3n) is 4.45. The number of anilines is 1. The Labute approximate surface area is 171 Å². The maximum Gasteiger partial charge on any atom is 0.279 e. The van der Waals surface area contributed by atoms with Crippen molar-refractivity contribution in [1.82, 2.24) is 0 Å². The van der Waals surface area contributed by atoms with Crippen LogP contribution in [0.2, 0.25) is 10.0 Å². The molecule has 1 amide bonds. The minimum absolute atomic E-state index is 0.00215. The van der Waals surface area contributed by atoms with Crippen LogP contribution in [0, 0.1) is 0 Å². The van der Waals surface area contributed by atoms with Crippen molar-refractivity contribution in [3.05, 3.63) is 64.1 Å². The van der Waals surface area contributed by atoms with Crippen molar-refractivity contribution in [2.24, 2.45) is 4.99 Å². The summed E-state index contributed by atoms with van der Waals surface area (Å²) in [6.45, 7) is 0. The van der Waals surface area contributed by atoms with E-state index >= 15 is 0 Å². The number of sulfone groups is 1. The molecule has 0 aliphatic carbocycles. The SMILES string of the molecule is O=C(N=C1S[C@H]2CS(=O)(=O)C[C@@H]2N1c1ccc(Cl)cc1Cl)c1ccccc1. The van der Waals surface area contributed by atoms with Gasteiger partial charge in [-0.2, -0.15) is 4.99 Å². The number of hydrogen-bond acceptors (Lipinski definition) is 4. The quantitative estimate of drug-likeness (QED) is 0.707. The number of carbonyl (C=O) groups is 1. The zero-order valence-corrected chi connectivity index (χ0v) is 17.0. The molecule has 2 aliphatic rings. The van der Waals surface area contributed by atoms with E-state index in [1.807, 2.05) is 6.07 Å². The highest BCUT2D eigenvalue weighted by Crippen LogP contribution is 2.43. The molecule has 2 heterocycles. The molecule has 5 nitrogen and oxygen atoms in total. The number of thioether (sulfide) groups is 1. The molecule has 2 fully saturated rings. The molecule has 2 aromatic rings. The van der Waals surface area contributed by atoms with E-state index in [4.69, 9.17) is 23.2 Å². The number of nitrogens with zero attached hydrogens (tertiary/aromatic N) is 2. The van der Waals surface area contributed by atoms with E-state index in [-0.39, 0.29) is 28.7 Å². The van der Waals surface area contributed by atoms with Crippen LogP contribution in [0.5, 0.6) is 0 Å². The van der Waals surface area contributed by atoms with Crippen molar-refractivity contribution in [2.45, 2.75) is 11.3 Å². The van der Waals surface area contributed by atoms with Gasteiger partial charge in [0.15, 0.2) is 15.0 Å². The van der Waals surface area contributed by atoms with Crippen LogP contribution in [-0.4, -0.2) is 42.3 Å². The lowest BCUT2D eigenvalue weighted by Gasteiger charge is -2.25. The maximum absolute atomic E-state index is 12.6. The smallest absolute Gasteiger partial charge is 0.279 e. The van der Waals surface area contributed by atoms with Crippen molar-refractivity contribution in [2.75, 3.05) is 16.4 Å². The molecule has 0 N–H and O–H groups in total. The zero-order valence-electron chi connectivity index (χ0n) is 13.9. The van der Waals surface area contributed by atoms with Gasteiger partial charge in [0.1, 0.15) is 0 Å². The van der Waals surface area contributed by atoms with Gasteiger partial charge in [-0.25, -0.2) is 8.42 Å². The molecule has 0 aromatic heterocycles. The van der Waals surface area contributed by atoms with Gasteiger partial charge in [0, 0.05) is 15.8 Å². The van der Waals surface area contributed by atoms with Crippen LogP contribution in [0.25, 0.3) is 0 Å². The van der Waals surface area contributed by atoms with E-state index in [0.717, 1.165) is 0 Å². The van der Waals surface area contributed by atoms with Gasteiger partial charge in [-0.05, 0) is 30.3 Å². The first-order chi connectivity index (χ1) is 12.8. The normalized spacial score (nSPS) is 25.0. The minimum atomic E-state index is -3.14. The van der Waals surface area contributed by atoms with Crippen molar-refractivity contribution in [1.29, 1.82) is 0 Å². The number of benzene rings is 2. The molecule has 2 aliphatic heterocycles. The van der Waals surface area contributed by atoms with Gasteiger partial charge in [0.2, 0.25) is 0 Å². The van der Waals surface area contributed by atoms with Gasteiger partial charge >= 0.3 is 0 Å². The van der Waals surface area contributed by atoms with E-state index in [0.29, 0.717) is 26.5 Å². The van der Waals surface area contributed by atoms with Crippen molar-refractivity contribution < 1.29 is 13.2 Å². The van der Waals surface area contributed by atoms with Gasteiger partial charge in [0.05, 0.1) is 28.3 Å². The first kappa shape index (κ1) is 18.8. The number of carbonyl (C=O) groups excluding carboxylic acids is 1. The fourth-order valence-corrected chi connectivity index (χ4v) is 7.66. The van der Waals surface area contributed by atoms with Gasteiger partial charge in [0.25, 0.3) is 5.91 Å². The Bertz CT molecular complexity index is 1040. The molecule has 2 saturated heterocycles. The van der Waals surface area contributed by atoms with E-state index in [1.54, 1.807) is 47.4 Å². The summed E-state index contributed by atoms with van der Waals surface area (Å²) in [4.78, 5) is 18.6. The number of halogens is 2. The Morgan fingerprint density at radius 1 is 1.11 bits per heavy atom. The summed E-state index contributed by atoms with van der Waals surface area (Å²) in [6, 6.07) is 13.4. The standard InChI is InChI=1S/C18H14Cl2N2O3S2/c19-12-6-7-14(13(20)8-12)22-15-9-27(24,25)10-16(15)26-18(22)21-17(23)11-4-2-1-3-5-11/h1-8,15-16H,9-10H2/t15-,16-/m0/s1. The van der Waals surface area contributed by atoms with Gasteiger partial charge in [-0.3, -0.25) is 4.79 Å². The number of rotatable bonds is 2. The molecule has 2 atom stereocenters. The molecule has 0 radical (unpaired) electrons. The van der Waals surface area contributed by atoms with Crippen LogP contribution >= 0.6 is 35.0 Å². The molecule has 0 spiro atoms. The monoisotopic (exact) mass is 440 g/mol. The molecule has 0 bridgehead atoms. The third-order valence-corrected chi connectivity index (χ3v) is 8.20. The van der Waals surface area contributed by atoms with Crippen LogP contribution < -0.4 is 4.90 Å². The molecule has 9 heteroatoms. The van der Waals surface area contributed by atoms with Crippen LogP contribution in [0.3, 0.4) is 0 Å². The lowest BCUT2D eigenvalue weighted by atomic mass is 10.2. The molecule has 4 rings (SSSR count). The second kappa shape index (κ2) is 7.13. The number of hydrogen-bond donors (Lipinski definition) is 0. The molecule has 140 valence electrons. The van der Waals surface area contributed by atoms with E-state index in [9.17, 15) is 13.2 Å². The summed E-state index contributed by atoms with van der Waals surface area (Å²) < 4.78 is 24.2. The zero-order chi connectivity index (χ0) is 19.2. The largest absolute Gasteiger partial charge is 0.314 e. The van der Waals surface area contributed by atoms with Crippen LogP contribution in [-0.2, 0) is 9.84 Å². The highest BCUT2D eigenvalue weighted by Gasteiger charge is 2.49. The van der Waals surface area contributed by atoms with Gasteiger partial charge in [-0.15, -0.1) is 0 Å². The summed E-state index contributed by atoms with van der Waals surface area (Å²) in [5.74, 6) is -0.318. The van der Waals surface area contributed by atoms with Gasteiger partial charge in [-0.1, -0.05) is 53.2 Å². The lowest BCUT2D eigenvalue weighted by molar-refractivity contribution is 0.100. The number of aliphatic imine (C=N–C) groups is 1. The molecule has 0 saturated carbocycles. The van der Waals surface area contributed by atoms with Gasteiger partial charge < -0.3 is 4.90 Å². The molecule has 2 aromatic carbocycles. The fourth-order valence-electron chi connectivity index (χ4n) is 3.25. The first-order valence-electron chi connectivity index (χ1n) is 8.13. The predicted molar refractivity (Wildman–Crippen MR) is 111 cm³/mol. The Kier molecular flexibility index (Phi) is 4.96. The summed E-state index contributed by atoms with van der Waals surface area (Å²) in [6.07, 6.45) is 0. The van der Waals surface area contributed by atoms with E-state index in [1.165, 1.54) is 11.8 Å². The van der Waals surface area contributed by atoms with Crippen LogP contribution in [0.4, 0.5) is 5.69 Å². The summed E-state index contributed by atoms with van der Waals surface area (Å²) in [5, 5.41) is 1.12. The topological polar surface area (TPSA) is 66.8 Å². The molecule has 0 unspecified atom stereocenters. The summed E-state index contributed by atoms with van der Waals surface area (Å²) in [7, 11) is -3.14. The lowest BCUT2D eigenvalue weighted by Crippen LogP contribution is -2.37. The van der Waals surface area contributed by atoms with Crippen molar-refractivity contribution in [3.63, 3.8) is 0 Å². The summed E-state index contributed by atoms with van der Waals surface area (Å²) >= 11 is 13.7. The number of amides is 1. The van der Waals surface area contributed by atoms with Crippen molar-refractivity contribution in [3.8, 4) is 0 Å². The molecule has 27 heavy (non-hydrogen) atoms. The Morgan fingerprint density at radius 3 is 2.56 bits per heavy atom.